The minimum Gasteiger partial charge on any atom is -0.454 e. The summed E-state index contributed by atoms with van der Waals surface area (Å²) in [7, 11) is 1.54. The van der Waals surface area contributed by atoms with Gasteiger partial charge in [0.25, 0.3) is 5.91 Å². The van der Waals surface area contributed by atoms with Gasteiger partial charge in [-0.2, -0.15) is 0 Å². The predicted octanol–water partition coefficient (Wildman–Crippen LogP) is -0.414. The number of likely N-dealkylation sites (N-methyl/N-ethyl adjacent to an activating group) is 1. The Morgan fingerprint density at radius 3 is 2.74 bits per heavy atom. The molecule has 1 aliphatic rings. The Balaban J connectivity index is 2.18. The lowest BCUT2D eigenvalue weighted by Gasteiger charge is -2.11. The summed E-state index contributed by atoms with van der Waals surface area (Å²) in [6.45, 7) is 1.73. The Hall–Kier alpha value is -2.35. The van der Waals surface area contributed by atoms with E-state index in [2.05, 4.69) is 0 Å². The van der Waals surface area contributed by atoms with Crippen LogP contribution in [-0.4, -0.2) is 41.2 Å². The van der Waals surface area contributed by atoms with Gasteiger partial charge in [-0.25, -0.2) is 10.6 Å². The van der Waals surface area contributed by atoms with E-state index in [0.717, 1.165) is 4.90 Å². The molecule has 0 saturated carbocycles. The molecule has 0 bridgehead atoms. The number of rotatable bonds is 3. The molecule has 1 aromatic rings. The van der Waals surface area contributed by atoms with Crippen molar-refractivity contribution in [2.24, 2.45) is 5.84 Å². The quantitative estimate of drug-likeness (QED) is 0.334. The van der Waals surface area contributed by atoms with Gasteiger partial charge in [0.1, 0.15) is 12.3 Å². The largest absolute Gasteiger partial charge is 0.454 e. The Kier molecular flexibility index (Phi) is 3.26. The number of urea groups is 1. The summed E-state index contributed by atoms with van der Waals surface area (Å²) in [5, 5.41) is 0. The molecule has 0 atom stereocenters. The van der Waals surface area contributed by atoms with E-state index < -0.39 is 5.91 Å². The van der Waals surface area contributed by atoms with E-state index in [9.17, 15) is 14.4 Å². The highest BCUT2D eigenvalue weighted by atomic mass is 16.4. The third-order valence-electron chi connectivity index (χ3n) is 2.85. The summed E-state index contributed by atoms with van der Waals surface area (Å²) < 4.78 is 5.30. The smallest absolute Gasteiger partial charge is 0.327 e. The number of hydrogen-bond donors (Lipinski definition) is 2. The molecule has 4 amide bonds. The predicted molar refractivity (Wildman–Crippen MR) is 63.7 cm³/mol. The molecule has 8 nitrogen and oxygen atoms in total. The van der Waals surface area contributed by atoms with Crippen LogP contribution in [-0.2, 0) is 11.3 Å². The monoisotopic (exact) mass is 266 g/mol. The lowest BCUT2D eigenvalue weighted by molar-refractivity contribution is -0.125. The Morgan fingerprint density at radius 2 is 2.21 bits per heavy atom. The average Bonchev–Trinajstić information content (AvgIpc) is 2.84. The number of nitrogens with two attached hydrogens (primary N) is 1. The number of furan rings is 1. The first-order valence-corrected chi connectivity index (χ1v) is 5.59. The van der Waals surface area contributed by atoms with Crippen molar-refractivity contribution in [1.29, 1.82) is 0 Å². The van der Waals surface area contributed by atoms with Crippen LogP contribution >= 0.6 is 0 Å². The number of amides is 4. The van der Waals surface area contributed by atoms with Crippen LogP contribution in [0.2, 0.25) is 0 Å². The number of carbonyl (C=O) groups is 3. The minimum absolute atomic E-state index is 0.000693. The molecule has 8 heteroatoms. The molecule has 0 aromatic carbocycles. The van der Waals surface area contributed by atoms with Crippen LogP contribution in [0.3, 0.4) is 0 Å². The number of imide groups is 1. The van der Waals surface area contributed by atoms with Gasteiger partial charge < -0.3 is 9.32 Å². The molecule has 2 rings (SSSR count). The van der Waals surface area contributed by atoms with Crippen molar-refractivity contribution in [3.8, 4) is 0 Å². The van der Waals surface area contributed by atoms with Crippen LogP contribution < -0.4 is 11.3 Å². The molecule has 19 heavy (non-hydrogen) atoms. The maximum absolute atomic E-state index is 11.7. The van der Waals surface area contributed by atoms with Gasteiger partial charge in [-0.1, -0.05) is 0 Å². The fraction of sp³-hybridized carbons (Fsp3) is 0.364. The van der Waals surface area contributed by atoms with Gasteiger partial charge >= 0.3 is 11.9 Å². The van der Waals surface area contributed by atoms with Crippen molar-refractivity contribution >= 4 is 17.8 Å². The Morgan fingerprint density at radius 1 is 1.53 bits per heavy atom. The standard InChI is InChI=1S/C11H14N4O4/c1-6-3-7(19-9(6)10(17)13-12)4-15-8(16)5-14(2)11(15)18/h3H,4-5,12H2,1-2H3,(H,13,17). The van der Waals surface area contributed by atoms with E-state index >= 15 is 0 Å². The highest BCUT2D eigenvalue weighted by Gasteiger charge is 2.34. The molecule has 1 aromatic heterocycles. The van der Waals surface area contributed by atoms with Gasteiger partial charge in [0.05, 0.1) is 6.54 Å². The van der Waals surface area contributed by atoms with E-state index in [0.29, 0.717) is 11.3 Å². The fourth-order valence-corrected chi connectivity index (χ4v) is 1.90. The molecule has 0 spiro atoms. The normalized spacial score (nSPS) is 15.3. The molecule has 2 heterocycles. The fourth-order valence-electron chi connectivity index (χ4n) is 1.90. The van der Waals surface area contributed by atoms with Gasteiger partial charge in [-0.3, -0.25) is 19.9 Å². The van der Waals surface area contributed by atoms with Crippen LogP contribution in [0.15, 0.2) is 10.5 Å². The van der Waals surface area contributed by atoms with Gasteiger partial charge in [0.2, 0.25) is 0 Å². The molecule has 3 N–H and O–H groups in total. The van der Waals surface area contributed by atoms with Crippen molar-refractivity contribution in [2.75, 3.05) is 13.6 Å². The molecule has 1 saturated heterocycles. The molecule has 1 aliphatic heterocycles. The van der Waals surface area contributed by atoms with Crippen LogP contribution in [0.25, 0.3) is 0 Å². The van der Waals surface area contributed by atoms with Crippen molar-refractivity contribution in [1.82, 2.24) is 15.2 Å². The highest BCUT2D eigenvalue weighted by Crippen LogP contribution is 2.18. The highest BCUT2D eigenvalue weighted by molar-refractivity contribution is 6.01. The van der Waals surface area contributed by atoms with E-state index in [4.69, 9.17) is 10.3 Å². The van der Waals surface area contributed by atoms with Crippen LogP contribution in [0.1, 0.15) is 21.9 Å². The van der Waals surface area contributed by atoms with Gasteiger partial charge in [-0.15, -0.1) is 0 Å². The minimum atomic E-state index is -0.556. The molecular weight excluding hydrogens is 252 g/mol. The topological polar surface area (TPSA) is 109 Å². The number of carbonyl (C=O) groups excluding carboxylic acids is 3. The third-order valence-corrected chi connectivity index (χ3v) is 2.85. The number of aryl methyl sites for hydroxylation is 1. The molecular formula is C11H14N4O4. The first-order valence-electron chi connectivity index (χ1n) is 5.59. The number of nitrogens with one attached hydrogen (secondary N) is 1. The van der Waals surface area contributed by atoms with Crippen molar-refractivity contribution in [2.45, 2.75) is 13.5 Å². The first-order chi connectivity index (χ1) is 8.93. The summed E-state index contributed by atoms with van der Waals surface area (Å²) in [4.78, 5) is 37.1. The van der Waals surface area contributed by atoms with E-state index in [-0.39, 0.29) is 30.8 Å². The van der Waals surface area contributed by atoms with Crippen molar-refractivity contribution in [3.63, 3.8) is 0 Å². The summed E-state index contributed by atoms with van der Waals surface area (Å²) >= 11 is 0. The second-order valence-electron chi connectivity index (χ2n) is 4.32. The van der Waals surface area contributed by atoms with Crippen LogP contribution in [0, 0.1) is 6.92 Å². The average molecular weight is 266 g/mol. The van der Waals surface area contributed by atoms with E-state index in [1.165, 1.54) is 4.90 Å². The first kappa shape index (κ1) is 13.1. The summed E-state index contributed by atoms with van der Waals surface area (Å²) in [5.41, 5.74) is 2.55. The zero-order valence-electron chi connectivity index (χ0n) is 10.6. The summed E-state index contributed by atoms with van der Waals surface area (Å²) in [6, 6.07) is 1.22. The lowest BCUT2D eigenvalue weighted by atomic mass is 10.2. The van der Waals surface area contributed by atoms with Gasteiger partial charge in [0.15, 0.2) is 5.76 Å². The van der Waals surface area contributed by atoms with Gasteiger partial charge in [-0.05, 0) is 13.0 Å². The number of nitrogens with zero attached hydrogens (tertiary/aromatic N) is 2. The third kappa shape index (κ3) is 2.29. The second-order valence-corrected chi connectivity index (χ2v) is 4.32. The molecule has 1 fully saturated rings. The zero-order chi connectivity index (χ0) is 14.2. The summed E-state index contributed by atoms with van der Waals surface area (Å²) in [5.74, 6) is 4.60. The van der Waals surface area contributed by atoms with Crippen LogP contribution in [0.5, 0.6) is 0 Å². The van der Waals surface area contributed by atoms with Gasteiger partial charge in [0, 0.05) is 12.6 Å². The lowest BCUT2D eigenvalue weighted by Crippen LogP contribution is -2.31. The summed E-state index contributed by atoms with van der Waals surface area (Å²) in [6.07, 6.45) is 0. The molecule has 102 valence electrons. The maximum atomic E-state index is 11.7. The number of hydrazine groups is 1. The van der Waals surface area contributed by atoms with Crippen molar-refractivity contribution in [3.05, 3.63) is 23.2 Å². The number of nitrogen functional groups attached to an aromatic ring is 1. The Bertz CT molecular complexity index is 551. The zero-order valence-corrected chi connectivity index (χ0v) is 10.6. The molecule has 0 radical (unpaired) electrons. The SMILES string of the molecule is Cc1cc(CN2C(=O)CN(C)C2=O)oc1C(=O)NN. The van der Waals surface area contributed by atoms with Crippen molar-refractivity contribution < 1.29 is 18.8 Å². The number of hydrogen-bond acceptors (Lipinski definition) is 5. The van der Waals surface area contributed by atoms with E-state index in [1.807, 2.05) is 5.43 Å². The Labute approximate surface area is 109 Å². The van der Waals surface area contributed by atoms with Crippen LogP contribution in [0.4, 0.5) is 4.79 Å². The maximum Gasteiger partial charge on any atom is 0.327 e. The second kappa shape index (κ2) is 4.73. The molecule has 0 unspecified atom stereocenters. The van der Waals surface area contributed by atoms with E-state index in [1.54, 1.807) is 20.0 Å². The molecule has 0 aliphatic carbocycles.